The van der Waals surface area contributed by atoms with E-state index >= 15 is 0 Å². The molecule has 2 atom stereocenters. The molecule has 2 nitrogen and oxygen atoms in total. The van der Waals surface area contributed by atoms with Gasteiger partial charge in [-0.15, -0.1) is 11.3 Å². The molecule has 5 heteroatoms. The van der Waals surface area contributed by atoms with Crippen molar-refractivity contribution in [3.63, 3.8) is 0 Å². The number of nitrogens with one attached hydrogen (secondary N) is 1. The van der Waals surface area contributed by atoms with Gasteiger partial charge in [0.2, 0.25) is 0 Å². The summed E-state index contributed by atoms with van der Waals surface area (Å²) in [5, 5.41) is 3.58. The Hall–Kier alpha value is -1.80. The van der Waals surface area contributed by atoms with E-state index in [0.29, 0.717) is 11.6 Å². The Kier molecular flexibility index (Phi) is 3.88. The van der Waals surface area contributed by atoms with Crippen LogP contribution in [-0.4, -0.2) is 10.6 Å². The highest BCUT2D eigenvalue weighted by Crippen LogP contribution is 2.40. The Labute approximate surface area is 149 Å². The fraction of sp³-hybridized carbons (Fsp3) is 0.263. The van der Waals surface area contributed by atoms with Crippen LogP contribution in [0.2, 0.25) is 4.34 Å². The summed E-state index contributed by atoms with van der Waals surface area (Å²) in [5.41, 5.74) is 4.23. The monoisotopic (exact) mass is 358 g/mol. The van der Waals surface area contributed by atoms with Crippen molar-refractivity contribution in [3.8, 4) is 12.0 Å². The van der Waals surface area contributed by atoms with Gasteiger partial charge >= 0.3 is 0 Å². The van der Waals surface area contributed by atoms with Crippen LogP contribution < -0.4 is 5.32 Å². The molecule has 3 heterocycles. The van der Waals surface area contributed by atoms with E-state index in [4.69, 9.17) is 11.6 Å². The Balaban J connectivity index is 1.91. The normalized spacial score (nSPS) is 19.8. The SMILES string of the molecule is CC1Cc2c(c3sc(Cl)cc3n2C#Cc2cccc(F)c2)C(C)N1. The maximum atomic E-state index is 13.4. The molecule has 24 heavy (non-hydrogen) atoms. The van der Waals surface area contributed by atoms with Gasteiger partial charge in [0, 0.05) is 41.4 Å². The van der Waals surface area contributed by atoms with Crippen LogP contribution in [0.5, 0.6) is 0 Å². The van der Waals surface area contributed by atoms with Gasteiger partial charge in [0.1, 0.15) is 5.82 Å². The third-order valence-electron chi connectivity index (χ3n) is 4.35. The average Bonchev–Trinajstić information content (AvgIpc) is 3.00. The minimum absolute atomic E-state index is 0.262. The molecule has 0 saturated carbocycles. The van der Waals surface area contributed by atoms with Crippen LogP contribution in [0.1, 0.15) is 36.7 Å². The zero-order chi connectivity index (χ0) is 16.8. The van der Waals surface area contributed by atoms with Crippen molar-refractivity contribution in [3.05, 3.63) is 57.3 Å². The molecule has 1 aliphatic rings. The van der Waals surface area contributed by atoms with Crippen LogP contribution in [0.3, 0.4) is 0 Å². The maximum Gasteiger partial charge on any atom is 0.124 e. The van der Waals surface area contributed by atoms with Crippen LogP contribution in [-0.2, 0) is 6.42 Å². The van der Waals surface area contributed by atoms with E-state index in [-0.39, 0.29) is 11.9 Å². The van der Waals surface area contributed by atoms with E-state index < -0.39 is 0 Å². The Morgan fingerprint density at radius 3 is 2.96 bits per heavy atom. The first kappa shape index (κ1) is 15.7. The lowest BCUT2D eigenvalue weighted by atomic mass is 9.98. The molecule has 0 saturated heterocycles. The topological polar surface area (TPSA) is 17.0 Å². The van der Waals surface area contributed by atoms with Crippen LogP contribution in [0, 0.1) is 17.8 Å². The summed E-state index contributed by atoms with van der Waals surface area (Å²) in [6, 6.07) is 12.2. The number of halogens is 2. The van der Waals surface area contributed by atoms with Gasteiger partial charge in [-0.25, -0.2) is 4.39 Å². The molecular formula is C19H16ClFN2S. The lowest BCUT2D eigenvalue weighted by Gasteiger charge is -2.27. The predicted molar refractivity (Wildman–Crippen MR) is 98.2 cm³/mol. The molecule has 122 valence electrons. The highest BCUT2D eigenvalue weighted by Gasteiger charge is 2.28. The van der Waals surface area contributed by atoms with Gasteiger partial charge in [0.15, 0.2) is 0 Å². The van der Waals surface area contributed by atoms with E-state index in [0.717, 1.165) is 16.3 Å². The first-order valence-corrected chi connectivity index (χ1v) is 9.08. The molecule has 2 aromatic heterocycles. The number of benzene rings is 1. The standard InChI is InChI=1S/C19H16ClFN2S/c1-11-8-15-18(12(2)22-11)19-16(10-17(20)24-19)23(15)7-6-13-4-3-5-14(21)9-13/h3-5,9-12,22H,8H2,1-2H3. The zero-order valence-corrected chi connectivity index (χ0v) is 14.9. The lowest BCUT2D eigenvalue weighted by molar-refractivity contribution is 0.442. The van der Waals surface area contributed by atoms with Crippen molar-refractivity contribution in [2.45, 2.75) is 32.4 Å². The third-order valence-corrected chi connectivity index (χ3v) is 5.64. The van der Waals surface area contributed by atoms with Crippen molar-refractivity contribution in [2.75, 3.05) is 0 Å². The molecule has 3 aromatic rings. The van der Waals surface area contributed by atoms with Crippen LogP contribution in [0.25, 0.3) is 10.2 Å². The number of hydrogen-bond acceptors (Lipinski definition) is 2. The number of aromatic nitrogens is 1. The minimum Gasteiger partial charge on any atom is -0.307 e. The van der Waals surface area contributed by atoms with E-state index in [2.05, 4.69) is 31.1 Å². The molecule has 4 rings (SSSR count). The van der Waals surface area contributed by atoms with Gasteiger partial charge in [-0.3, -0.25) is 4.57 Å². The largest absolute Gasteiger partial charge is 0.307 e. The molecule has 1 aromatic carbocycles. The molecule has 2 unspecified atom stereocenters. The molecule has 0 spiro atoms. The van der Waals surface area contributed by atoms with Crippen LogP contribution in [0.4, 0.5) is 4.39 Å². The molecular weight excluding hydrogens is 343 g/mol. The molecule has 1 N–H and O–H groups in total. The highest BCUT2D eigenvalue weighted by atomic mass is 35.5. The molecule has 0 amide bonds. The van der Waals surface area contributed by atoms with Gasteiger partial charge in [-0.2, -0.15) is 0 Å². The second-order valence-electron chi connectivity index (χ2n) is 6.20. The summed E-state index contributed by atoms with van der Waals surface area (Å²) in [5.74, 6) is 2.81. The van der Waals surface area contributed by atoms with Gasteiger partial charge in [0.05, 0.1) is 14.6 Å². The van der Waals surface area contributed by atoms with E-state index in [1.54, 1.807) is 17.4 Å². The van der Waals surface area contributed by atoms with Gasteiger partial charge in [0.25, 0.3) is 0 Å². The number of fused-ring (bicyclic) bond motifs is 3. The van der Waals surface area contributed by atoms with Crippen LogP contribution >= 0.6 is 22.9 Å². The number of hydrogen-bond donors (Lipinski definition) is 1. The smallest absolute Gasteiger partial charge is 0.124 e. The third kappa shape index (κ3) is 2.63. The number of thiophene rings is 1. The van der Waals surface area contributed by atoms with Crippen molar-refractivity contribution in [1.82, 2.24) is 9.88 Å². The van der Waals surface area contributed by atoms with Crippen molar-refractivity contribution in [2.24, 2.45) is 0 Å². The average molecular weight is 359 g/mol. The van der Waals surface area contributed by atoms with E-state index in [1.807, 2.05) is 16.7 Å². The molecule has 0 radical (unpaired) electrons. The second kappa shape index (κ2) is 5.93. The summed E-state index contributed by atoms with van der Waals surface area (Å²) in [4.78, 5) is 0. The Morgan fingerprint density at radius 1 is 1.33 bits per heavy atom. The Bertz CT molecular complexity index is 992. The lowest BCUT2D eigenvalue weighted by Crippen LogP contribution is -2.36. The summed E-state index contributed by atoms with van der Waals surface area (Å²) >= 11 is 7.83. The summed E-state index contributed by atoms with van der Waals surface area (Å²) in [6.07, 6.45) is 0.913. The molecule has 0 aliphatic carbocycles. The minimum atomic E-state index is -0.272. The fourth-order valence-electron chi connectivity index (χ4n) is 3.43. The van der Waals surface area contributed by atoms with Crippen molar-refractivity contribution >= 4 is 33.2 Å². The molecule has 0 fully saturated rings. The number of nitrogens with zero attached hydrogens (tertiary/aromatic N) is 1. The zero-order valence-electron chi connectivity index (χ0n) is 13.4. The quantitative estimate of drug-likeness (QED) is 0.563. The van der Waals surface area contributed by atoms with Gasteiger partial charge in [-0.1, -0.05) is 17.7 Å². The maximum absolute atomic E-state index is 13.4. The molecule has 1 aliphatic heterocycles. The highest BCUT2D eigenvalue weighted by molar-refractivity contribution is 7.22. The van der Waals surface area contributed by atoms with E-state index in [1.165, 1.54) is 28.1 Å². The fourth-order valence-corrected chi connectivity index (χ4v) is 4.79. The summed E-state index contributed by atoms with van der Waals surface area (Å²) in [7, 11) is 0. The number of rotatable bonds is 0. The summed E-state index contributed by atoms with van der Waals surface area (Å²) < 4.78 is 17.3. The Morgan fingerprint density at radius 2 is 2.17 bits per heavy atom. The van der Waals surface area contributed by atoms with Crippen molar-refractivity contribution < 1.29 is 4.39 Å². The second-order valence-corrected chi connectivity index (χ2v) is 7.88. The van der Waals surface area contributed by atoms with Crippen LogP contribution in [0.15, 0.2) is 30.3 Å². The van der Waals surface area contributed by atoms with Gasteiger partial charge in [-0.05, 0) is 44.0 Å². The van der Waals surface area contributed by atoms with Crippen molar-refractivity contribution in [1.29, 1.82) is 0 Å². The molecule has 0 bridgehead atoms. The van der Waals surface area contributed by atoms with Gasteiger partial charge < -0.3 is 5.32 Å². The first-order chi connectivity index (χ1) is 11.5. The summed E-state index contributed by atoms with van der Waals surface area (Å²) in [6.45, 7) is 4.35. The predicted octanol–water partition coefficient (Wildman–Crippen LogP) is 4.95. The first-order valence-electron chi connectivity index (χ1n) is 7.89. The van der Waals surface area contributed by atoms with E-state index in [9.17, 15) is 4.39 Å².